The summed E-state index contributed by atoms with van der Waals surface area (Å²) in [6.45, 7) is 0.101. The standard InChI is InChI=1S/C12H12ClNO3/c13-8-4-7(2-1-3-15)9-6-11(12(16)17)14-10(9)5-8/h4-6,14-15H,1-3H2,(H,16,17). The summed E-state index contributed by atoms with van der Waals surface area (Å²) in [7, 11) is 0. The molecule has 90 valence electrons. The third-order valence-electron chi connectivity index (χ3n) is 2.62. The van der Waals surface area contributed by atoms with E-state index in [9.17, 15) is 4.79 Å². The molecule has 0 amide bonds. The van der Waals surface area contributed by atoms with Gasteiger partial charge in [-0.1, -0.05) is 11.6 Å². The van der Waals surface area contributed by atoms with Gasteiger partial charge in [-0.15, -0.1) is 0 Å². The number of aromatic carboxylic acids is 1. The Hall–Kier alpha value is -1.52. The lowest BCUT2D eigenvalue weighted by molar-refractivity contribution is 0.0691. The van der Waals surface area contributed by atoms with Crippen molar-refractivity contribution in [3.63, 3.8) is 0 Å². The molecule has 17 heavy (non-hydrogen) atoms. The van der Waals surface area contributed by atoms with E-state index in [1.165, 1.54) is 0 Å². The maximum atomic E-state index is 10.9. The van der Waals surface area contributed by atoms with Crippen molar-refractivity contribution in [1.82, 2.24) is 4.98 Å². The monoisotopic (exact) mass is 253 g/mol. The fraction of sp³-hybridized carbons (Fsp3) is 0.250. The second-order valence-electron chi connectivity index (χ2n) is 3.84. The Balaban J connectivity index is 2.53. The summed E-state index contributed by atoms with van der Waals surface area (Å²) in [6.07, 6.45) is 1.30. The largest absolute Gasteiger partial charge is 0.477 e. The average molecular weight is 254 g/mol. The molecule has 1 aromatic carbocycles. The van der Waals surface area contributed by atoms with Gasteiger partial charge in [-0.25, -0.2) is 4.79 Å². The maximum absolute atomic E-state index is 10.9. The van der Waals surface area contributed by atoms with E-state index in [0.29, 0.717) is 23.4 Å². The second kappa shape index (κ2) is 4.77. The smallest absolute Gasteiger partial charge is 0.352 e. The molecule has 1 aromatic heterocycles. The molecular formula is C12H12ClNO3. The first kappa shape index (κ1) is 12.0. The Morgan fingerprint density at radius 3 is 2.76 bits per heavy atom. The summed E-state index contributed by atoms with van der Waals surface area (Å²) >= 11 is 5.96. The fourth-order valence-corrected chi connectivity index (χ4v) is 2.11. The van der Waals surface area contributed by atoms with Crippen molar-refractivity contribution < 1.29 is 15.0 Å². The van der Waals surface area contributed by atoms with Gasteiger partial charge in [0.25, 0.3) is 0 Å². The van der Waals surface area contributed by atoms with Gasteiger partial charge < -0.3 is 15.2 Å². The molecule has 0 aliphatic heterocycles. The normalized spacial score (nSPS) is 10.9. The van der Waals surface area contributed by atoms with Crippen LogP contribution in [0.25, 0.3) is 10.9 Å². The van der Waals surface area contributed by atoms with Crippen molar-refractivity contribution in [2.24, 2.45) is 0 Å². The molecule has 2 rings (SSSR count). The van der Waals surface area contributed by atoms with Crippen molar-refractivity contribution in [2.75, 3.05) is 6.61 Å². The highest BCUT2D eigenvalue weighted by atomic mass is 35.5. The molecule has 1 heterocycles. The fourth-order valence-electron chi connectivity index (χ4n) is 1.87. The molecule has 5 heteroatoms. The molecule has 0 spiro atoms. The number of benzene rings is 1. The lowest BCUT2D eigenvalue weighted by Crippen LogP contribution is -1.94. The number of hydrogen-bond donors (Lipinski definition) is 3. The van der Waals surface area contributed by atoms with Gasteiger partial charge in [0.1, 0.15) is 5.69 Å². The van der Waals surface area contributed by atoms with Crippen LogP contribution in [0.15, 0.2) is 18.2 Å². The van der Waals surface area contributed by atoms with E-state index in [-0.39, 0.29) is 12.3 Å². The van der Waals surface area contributed by atoms with Gasteiger partial charge in [0.15, 0.2) is 0 Å². The number of aliphatic hydroxyl groups is 1. The number of carbonyl (C=O) groups is 1. The molecule has 0 aliphatic rings. The number of aromatic amines is 1. The number of aryl methyl sites for hydroxylation is 1. The zero-order valence-electron chi connectivity index (χ0n) is 9.03. The number of halogens is 1. The van der Waals surface area contributed by atoms with Crippen LogP contribution in [0.2, 0.25) is 5.02 Å². The van der Waals surface area contributed by atoms with Crippen LogP contribution >= 0.6 is 11.6 Å². The topological polar surface area (TPSA) is 73.3 Å². The maximum Gasteiger partial charge on any atom is 0.352 e. The molecule has 0 fully saturated rings. The van der Waals surface area contributed by atoms with Crippen LogP contribution in [0.1, 0.15) is 22.5 Å². The van der Waals surface area contributed by atoms with Gasteiger partial charge in [-0.2, -0.15) is 0 Å². The second-order valence-corrected chi connectivity index (χ2v) is 4.28. The first-order chi connectivity index (χ1) is 8.11. The minimum absolute atomic E-state index is 0.101. The number of fused-ring (bicyclic) bond motifs is 1. The van der Waals surface area contributed by atoms with Crippen LogP contribution in [0, 0.1) is 0 Å². The van der Waals surface area contributed by atoms with Crippen LogP contribution < -0.4 is 0 Å². The van der Waals surface area contributed by atoms with Gasteiger partial charge in [0, 0.05) is 22.5 Å². The van der Waals surface area contributed by atoms with E-state index in [0.717, 1.165) is 10.9 Å². The number of H-pyrrole nitrogens is 1. The number of hydrogen-bond acceptors (Lipinski definition) is 2. The van der Waals surface area contributed by atoms with E-state index >= 15 is 0 Å². The number of rotatable bonds is 4. The quantitative estimate of drug-likeness (QED) is 0.784. The predicted octanol–water partition coefficient (Wildman–Crippen LogP) is 2.44. The number of aromatic nitrogens is 1. The SMILES string of the molecule is O=C(O)c1cc2c(CCCO)cc(Cl)cc2[nH]1. The molecule has 0 unspecified atom stereocenters. The average Bonchev–Trinajstić information content (AvgIpc) is 2.69. The minimum atomic E-state index is -0.995. The molecule has 0 saturated carbocycles. The summed E-state index contributed by atoms with van der Waals surface area (Å²) in [4.78, 5) is 13.7. The van der Waals surface area contributed by atoms with Crippen LogP contribution in [0.3, 0.4) is 0 Å². The molecule has 0 atom stereocenters. The Bertz CT molecular complexity index is 562. The van der Waals surface area contributed by atoms with Crippen LogP contribution in [-0.2, 0) is 6.42 Å². The zero-order valence-corrected chi connectivity index (χ0v) is 9.79. The van der Waals surface area contributed by atoms with Crippen molar-refractivity contribution in [3.8, 4) is 0 Å². The third-order valence-corrected chi connectivity index (χ3v) is 2.84. The van der Waals surface area contributed by atoms with Crippen LogP contribution in [0.5, 0.6) is 0 Å². The molecule has 3 N–H and O–H groups in total. The first-order valence-corrected chi connectivity index (χ1v) is 5.65. The van der Waals surface area contributed by atoms with E-state index < -0.39 is 5.97 Å². The minimum Gasteiger partial charge on any atom is -0.477 e. The molecule has 2 aromatic rings. The highest BCUT2D eigenvalue weighted by Crippen LogP contribution is 2.25. The molecule has 0 aliphatic carbocycles. The van der Waals surface area contributed by atoms with Gasteiger partial charge >= 0.3 is 5.97 Å². The lowest BCUT2D eigenvalue weighted by Gasteiger charge is -2.02. The molecular weight excluding hydrogens is 242 g/mol. The third kappa shape index (κ3) is 2.43. The highest BCUT2D eigenvalue weighted by Gasteiger charge is 2.11. The number of nitrogens with one attached hydrogen (secondary N) is 1. The molecule has 4 nitrogen and oxygen atoms in total. The summed E-state index contributed by atoms with van der Waals surface area (Å²) in [5, 5.41) is 19.2. The number of carboxylic acid groups (broad SMARTS) is 1. The van der Waals surface area contributed by atoms with E-state index in [1.807, 2.05) is 0 Å². The lowest BCUT2D eigenvalue weighted by atomic mass is 10.1. The van der Waals surface area contributed by atoms with Gasteiger partial charge in [0.05, 0.1) is 0 Å². The zero-order chi connectivity index (χ0) is 12.4. The Morgan fingerprint density at radius 1 is 1.35 bits per heavy atom. The Labute approximate surface area is 103 Å². The van der Waals surface area contributed by atoms with E-state index in [2.05, 4.69) is 4.98 Å². The van der Waals surface area contributed by atoms with Crippen molar-refractivity contribution in [1.29, 1.82) is 0 Å². The molecule has 0 saturated heterocycles. The van der Waals surface area contributed by atoms with Gasteiger partial charge in [-0.3, -0.25) is 0 Å². The summed E-state index contributed by atoms with van der Waals surface area (Å²) in [5.74, 6) is -0.995. The summed E-state index contributed by atoms with van der Waals surface area (Å²) < 4.78 is 0. The van der Waals surface area contributed by atoms with Gasteiger partial charge in [-0.05, 0) is 36.6 Å². The molecule has 0 radical (unpaired) electrons. The van der Waals surface area contributed by atoms with Gasteiger partial charge in [0.2, 0.25) is 0 Å². The highest BCUT2D eigenvalue weighted by molar-refractivity contribution is 6.31. The first-order valence-electron chi connectivity index (χ1n) is 5.27. The number of carboxylic acids is 1. The summed E-state index contributed by atoms with van der Waals surface area (Å²) in [6, 6.07) is 5.10. The van der Waals surface area contributed by atoms with Crippen molar-refractivity contribution in [3.05, 3.63) is 34.5 Å². The van der Waals surface area contributed by atoms with E-state index in [4.69, 9.17) is 21.8 Å². The Morgan fingerprint density at radius 2 is 2.12 bits per heavy atom. The van der Waals surface area contributed by atoms with Crippen LogP contribution in [0.4, 0.5) is 0 Å². The van der Waals surface area contributed by atoms with E-state index in [1.54, 1.807) is 18.2 Å². The number of aliphatic hydroxyl groups excluding tert-OH is 1. The molecule has 0 bridgehead atoms. The Kier molecular flexibility index (Phi) is 3.36. The van der Waals surface area contributed by atoms with Crippen molar-refractivity contribution >= 4 is 28.5 Å². The van der Waals surface area contributed by atoms with Crippen LogP contribution in [-0.4, -0.2) is 27.8 Å². The van der Waals surface area contributed by atoms with Crippen molar-refractivity contribution in [2.45, 2.75) is 12.8 Å². The summed E-state index contributed by atoms with van der Waals surface area (Å²) in [5.41, 5.74) is 1.81. The predicted molar refractivity (Wildman–Crippen MR) is 65.7 cm³/mol.